The Morgan fingerprint density at radius 1 is 1.16 bits per heavy atom. The highest BCUT2D eigenvalue weighted by molar-refractivity contribution is 9.10. The average Bonchev–Trinajstić information content (AvgIpc) is 3.35. The van der Waals surface area contributed by atoms with Crippen molar-refractivity contribution < 1.29 is 13.9 Å². The summed E-state index contributed by atoms with van der Waals surface area (Å²) < 4.78 is 12.5. The Morgan fingerprint density at radius 3 is 2.72 bits per heavy atom. The third-order valence-electron chi connectivity index (χ3n) is 4.82. The molecule has 0 aliphatic carbocycles. The molecule has 0 saturated carbocycles. The number of furan rings is 1. The summed E-state index contributed by atoms with van der Waals surface area (Å²) in [5.74, 6) is 1.26. The van der Waals surface area contributed by atoms with Crippen molar-refractivity contribution in [3.63, 3.8) is 0 Å². The first-order valence-electron chi connectivity index (χ1n) is 10.3. The number of amides is 1. The van der Waals surface area contributed by atoms with Gasteiger partial charge in [0, 0.05) is 22.7 Å². The molecular formula is C25H23BrN2O3S. The van der Waals surface area contributed by atoms with Crippen LogP contribution in [-0.4, -0.2) is 35.7 Å². The highest BCUT2D eigenvalue weighted by Crippen LogP contribution is 2.36. The van der Waals surface area contributed by atoms with Crippen LogP contribution >= 0.6 is 27.7 Å². The maximum Gasteiger partial charge on any atom is 0.266 e. The van der Waals surface area contributed by atoms with Gasteiger partial charge in [0.25, 0.3) is 5.91 Å². The molecule has 1 aliphatic rings. The predicted molar refractivity (Wildman–Crippen MR) is 134 cm³/mol. The lowest BCUT2D eigenvalue weighted by atomic mass is 10.1. The minimum atomic E-state index is -0.0983. The molecule has 0 spiro atoms. The number of amidine groups is 1. The fourth-order valence-electron chi connectivity index (χ4n) is 3.23. The third kappa shape index (κ3) is 5.23. The molecule has 1 fully saturated rings. The fourth-order valence-corrected chi connectivity index (χ4v) is 4.92. The lowest BCUT2D eigenvalue weighted by Crippen LogP contribution is -2.32. The molecule has 3 aromatic rings. The van der Waals surface area contributed by atoms with Gasteiger partial charge >= 0.3 is 0 Å². The summed E-state index contributed by atoms with van der Waals surface area (Å²) in [6.07, 6.45) is 1.78. The lowest BCUT2D eigenvalue weighted by molar-refractivity contribution is -0.122. The molecule has 32 heavy (non-hydrogen) atoms. The first kappa shape index (κ1) is 22.6. The van der Waals surface area contributed by atoms with Crippen LogP contribution in [0.3, 0.4) is 0 Å². The Hall–Kier alpha value is -2.61. The molecule has 2 heterocycles. The van der Waals surface area contributed by atoms with Gasteiger partial charge in [0.05, 0.1) is 23.7 Å². The maximum absolute atomic E-state index is 13.1. The van der Waals surface area contributed by atoms with Crippen LogP contribution in [0.15, 0.2) is 79.5 Å². The quantitative estimate of drug-likeness (QED) is 0.263. The number of carbonyl (C=O) groups excluding carboxylic acids is 1. The number of halogens is 1. The molecule has 1 aromatic heterocycles. The van der Waals surface area contributed by atoms with Gasteiger partial charge in [-0.3, -0.25) is 9.69 Å². The molecular weight excluding hydrogens is 488 g/mol. The molecule has 2 aromatic carbocycles. The molecule has 1 saturated heterocycles. The molecule has 0 atom stereocenters. The summed E-state index contributed by atoms with van der Waals surface area (Å²) in [4.78, 5) is 20.0. The number of aryl methyl sites for hydroxylation is 1. The van der Waals surface area contributed by atoms with E-state index in [9.17, 15) is 4.79 Å². The van der Waals surface area contributed by atoms with Gasteiger partial charge in [-0.05, 0) is 67.6 Å². The van der Waals surface area contributed by atoms with Gasteiger partial charge in [0.1, 0.15) is 11.5 Å². The first-order chi connectivity index (χ1) is 15.5. The van der Waals surface area contributed by atoms with Crippen molar-refractivity contribution in [1.82, 2.24) is 4.90 Å². The predicted octanol–water partition coefficient (Wildman–Crippen LogP) is 6.66. The van der Waals surface area contributed by atoms with E-state index in [4.69, 9.17) is 9.15 Å². The van der Waals surface area contributed by atoms with Crippen molar-refractivity contribution in [2.45, 2.75) is 13.8 Å². The Morgan fingerprint density at radius 2 is 1.97 bits per heavy atom. The second kappa shape index (κ2) is 10.3. The summed E-state index contributed by atoms with van der Waals surface area (Å²) in [6.45, 7) is 5.48. The van der Waals surface area contributed by atoms with Gasteiger partial charge < -0.3 is 9.15 Å². The number of hydrogen-bond donors (Lipinski definition) is 0. The van der Waals surface area contributed by atoms with Crippen LogP contribution in [0.25, 0.3) is 17.4 Å². The zero-order valence-electron chi connectivity index (χ0n) is 17.9. The van der Waals surface area contributed by atoms with Crippen LogP contribution in [0, 0.1) is 6.92 Å². The first-order valence-corrected chi connectivity index (χ1v) is 12.0. The normalized spacial score (nSPS) is 16.5. The van der Waals surface area contributed by atoms with Gasteiger partial charge in [0.2, 0.25) is 0 Å². The largest absolute Gasteiger partial charge is 0.457 e. The average molecular weight is 511 g/mol. The van der Waals surface area contributed by atoms with Gasteiger partial charge in [-0.2, -0.15) is 0 Å². The van der Waals surface area contributed by atoms with Crippen LogP contribution in [0.2, 0.25) is 0 Å². The summed E-state index contributed by atoms with van der Waals surface area (Å²) in [6, 6.07) is 19.5. The number of thioether (sulfide) groups is 1. The summed E-state index contributed by atoms with van der Waals surface area (Å²) in [7, 11) is 0. The van der Waals surface area contributed by atoms with Crippen molar-refractivity contribution in [2.24, 2.45) is 4.99 Å². The molecule has 1 aliphatic heterocycles. The van der Waals surface area contributed by atoms with E-state index in [1.54, 1.807) is 11.0 Å². The number of nitrogens with zero attached hydrogens (tertiary/aromatic N) is 2. The zero-order chi connectivity index (χ0) is 22.5. The number of para-hydroxylation sites is 1. The number of carbonyl (C=O) groups is 1. The number of ether oxygens (including phenoxy) is 1. The van der Waals surface area contributed by atoms with Crippen molar-refractivity contribution in [1.29, 1.82) is 0 Å². The molecule has 4 rings (SSSR count). The van der Waals surface area contributed by atoms with Crippen molar-refractivity contribution >= 4 is 50.5 Å². The van der Waals surface area contributed by atoms with E-state index >= 15 is 0 Å². The Balaban J connectivity index is 1.61. The third-order valence-corrected chi connectivity index (χ3v) is 6.49. The number of hydrogen-bond acceptors (Lipinski definition) is 5. The van der Waals surface area contributed by atoms with Crippen LogP contribution < -0.4 is 0 Å². The van der Waals surface area contributed by atoms with Gasteiger partial charge in [-0.25, -0.2) is 4.99 Å². The lowest BCUT2D eigenvalue weighted by Gasteiger charge is -2.15. The van der Waals surface area contributed by atoms with Crippen molar-refractivity contribution in [3.8, 4) is 11.3 Å². The number of benzene rings is 2. The minimum Gasteiger partial charge on any atom is -0.457 e. The monoisotopic (exact) mass is 510 g/mol. The van der Waals surface area contributed by atoms with E-state index in [0.29, 0.717) is 35.6 Å². The SMILES string of the molecule is CCOCCN1C(=O)/C(=C\c2ccc(-c3ccc(C)cc3Br)o2)SC1=Nc1ccccc1. The molecule has 0 radical (unpaired) electrons. The summed E-state index contributed by atoms with van der Waals surface area (Å²) in [5, 5.41) is 0.639. The highest BCUT2D eigenvalue weighted by atomic mass is 79.9. The van der Waals surface area contributed by atoms with Crippen LogP contribution in [0.5, 0.6) is 0 Å². The van der Waals surface area contributed by atoms with Gasteiger partial charge in [0.15, 0.2) is 5.17 Å². The second-order valence-electron chi connectivity index (χ2n) is 7.18. The van der Waals surface area contributed by atoms with Crippen LogP contribution in [-0.2, 0) is 9.53 Å². The summed E-state index contributed by atoms with van der Waals surface area (Å²) in [5.41, 5.74) is 2.94. The molecule has 5 nitrogen and oxygen atoms in total. The van der Waals surface area contributed by atoms with Gasteiger partial charge in [-0.15, -0.1) is 0 Å². The molecule has 7 heteroatoms. The van der Waals surface area contributed by atoms with E-state index in [1.165, 1.54) is 17.3 Å². The van der Waals surface area contributed by atoms with E-state index in [2.05, 4.69) is 27.0 Å². The molecule has 0 bridgehead atoms. The molecule has 0 N–H and O–H groups in total. The smallest absolute Gasteiger partial charge is 0.266 e. The van der Waals surface area contributed by atoms with Gasteiger partial charge in [-0.1, -0.05) is 40.2 Å². The van der Waals surface area contributed by atoms with E-state index < -0.39 is 0 Å². The zero-order valence-corrected chi connectivity index (χ0v) is 20.3. The molecule has 0 unspecified atom stereocenters. The van der Waals surface area contributed by atoms with Crippen LogP contribution in [0.4, 0.5) is 5.69 Å². The van der Waals surface area contributed by atoms with E-state index in [0.717, 1.165) is 21.5 Å². The highest BCUT2D eigenvalue weighted by Gasteiger charge is 2.33. The Kier molecular flexibility index (Phi) is 7.29. The van der Waals surface area contributed by atoms with E-state index in [-0.39, 0.29) is 5.91 Å². The fraction of sp³-hybridized carbons (Fsp3) is 0.200. The molecule has 164 valence electrons. The van der Waals surface area contributed by atoms with E-state index in [1.807, 2.05) is 68.4 Å². The summed E-state index contributed by atoms with van der Waals surface area (Å²) >= 11 is 4.95. The van der Waals surface area contributed by atoms with Crippen molar-refractivity contribution in [2.75, 3.05) is 19.8 Å². The maximum atomic E-state index is 13.1. The molecule has 1 amide bonds. The van der Waals surface area contributed by atoms with Crippen LogP contribution in [0.1, 0.15) is 18.2 Å². The number of aliphatic imine (C=N–C) groups is 1. The Bertz CT molecular complexity index is 1170. The Labute approximate surface area is 200 Å². The second-order valence-corrected chi connectivity index (χ2v) is 9.04. The topological polar surface area (TPSA) is 55.0 Å². The minimum absolute atomic E-state index is 0.0983. The standard InChI is InChI=1S/C25H23BrN2O3S/c1-3-30-14-13-28-24(29)23(32-25(28)27-18-7-5-4-6-8-18)16-19-10-12-22(31-19)20-11-9-17(2)15-21(20)26/h4-12,15-16H,3,13-14H2,1-2H3/b23-16+,27-25?. The number of rotatable bonds is 7. The van der Waals surface area contributed by atoms with Crippen molar-refractivity contribution in [3.05, 3.63) is 81.4 Å².